The van der Waals surface area contributed by atoms with Crippen molar-refractivity contribution in [2.24, 2.45) is 4.99 Å². The minimum Gasteiger partial charge on any atom is -0.492 e. The highest BCUT2D eigenvalue weighted by molar-refractivity contribution is 6.04. The molecular weight excluding hydrogens is 430 g/mol. The second-order valence-corrected chi connectivity index (χ2v) is 8.71. The van der Waals surface area contributed by atoms with Gasteiger partial charge in [0.2, 0.25) is 0 Å². The zero-order chi connectivity index (χ0) is 22.6. The van der Waals surface area contributed by atoms with Gasteiger partial charge in [0.15, 0.2) is 0 Å². The first-order valence-electron chi connectivity index (χ1n) is 12.7. The third-order valence-corrected chi connectivity index (χ3v) is 6.13. The molecule has 0 bridgehead atoms. The molecule has 0 amide bonds. The van der Waals surface area contributed by atoms with E-state index in [1.807, 2.05) is 19.2 Å². The molecule has 33 heavy (non-hydrogen) atoms. The quantitative estimate of drug-likeness (QED) is 0.250. The molecule has 0 fully saturated rings. The number of halogens is 1. The largest absolute Gasteiger partial charge is 0.492 e. The number of ether oxygens (including phenoxy) is 1. The molecule has 0 atom stereocenters. The standard InChI is InChI=1S/C28H41N3O.ClH/c1-4-7-8-9-10-11-12-13-14-16-22-19-23(30-24(22)5-2)20-27-28(32-6-3)21-26(31-27)25-17-15-18-29-25;/h15,17-21,29,31H,4-14,16H2,1-3H3;1H. The maximum Gasteiger partial charge on any atom is 0.144 e. The predicted octanol–water partition coefficient (Wildman–Crippen LogP) is 8.88. The topological polar surface area (TPSA) is 53.2 Å². The van der Waals surface area contributed by atoms with Crippen LogP contribution in [-0.4, -0.2) is 22.3 Å². The average Bonchev–Trinajstić information content (AvgIpc) is 3.54. The molecule has 0 aliphatic carbocycles. The van der Waals surface area contributed by atoms with E-state index < -0.39 is 0 Å². The molecule has 0 aromatic carbocycles. The van der Waals surface area contributed by atoms with E-state index in [0.717, 1.165) is 41.4 Å². The highest BCUT2D eigenvalue weighted by Crippen LogP contribution is 2.31. The second-order valence-electron chi connectivity index (χ2n) is 8.71. The van der Waals surface area contributed by atoms with E-state index in [2.05, 4.69) is 48.1 Å². The Bertz CT molecular complexity index is 906. The second kappa shape index (κ2) is 14.8. The van der Waals surface area contributed by atoms with Gasteiger partial charge in [-0.2, -0.15) is 0 Å². The molecule has 0 spiro atoms. The number of nitrogens with one attached hydrogen (secondary N) is 2. The molecule has 2 N–H and O–H groups in total. The van der Waals surface area contributed by atoms with Gasteiger partial charge in [-0.05, 0) is 56.0 Å². The zero-order valence-electron chi connectivity index (χ0n) is 20.7. The number of H-pyrrole nitrogens is 2. The van der Waals surface area contributed by atoms with Crippen molar-refractivity contribution in [1.29, 1.82) is 0 Å². The molecule has 182 valence electrons. The SMILES string of the molecule is CCCCCCCCCCCC1=CC(=Cc2[nH]c(-c3ccc[nH]3)cc2OCC)N=C1CC.Cl. The van der Waals surface area contributed by atoms with Gasteiger partial charge in [-0.15, -0.1) is 12.4 Å². The molecule has 5 heteroatoms. The summed E-state index contributed by atoms with van der Waals surface area (Å²) in [5.41, 5.74) is 6.74. The van der Waals surface area contributed by atoms with Crippen molar-refractivity contribution in [3.05, 3.63) is 47.4 Å². The Kier molecular flexibility index (Phi) is 12.2. The lowest BCUT2D eigenvalue weighted by molar-refractivity contribution is 0.340. The molecule has 0 saturated heterocycles. The number of hydrogen-bond donors (Lipinski definition) is 2. The molecule has 2 aromatic heterocycles. The van der Waals surface area contributed by atoms with Crippen LogP contribution in [0.4, 0.5) is 0 Å². The Morgan fingerprint density at radius 3 is 2.30 bits per heavy atom. The summed E-state index contributed by atoms with van der Waals surface area (Å²) >= 11 is 0. The fourth-order valence-corrected chi connectivity index (χ4v) is 4.37. The van der Waals surface area contributed by atoms with Crippen LogP contribution in [0.2, 0.25) is 0 Å². The highest BCUT2D eigenvalue weighted by Gasteiger charge is 2.15. The molecule has 4 nitrogen and oxygen atoms in total. The van der Waals surface area contributed by atoms with Gasteiger partial charge in [-0.25, -0.2) is 0 Å². The molecule has 3 rings (SSSR count). The van der Waals surface area contributed by atoms with E-state index in [0.29, 0.717) is 6.61 Å². The summed E-state index contributed by atoms with van der Waals surface area (Å²) in [6.45, 7) is 7.14. The smallest absolute Gasteiger partial charge is 0.144 e. The lowest BCUT2D eigenvalue weighted by Crippen LogP contribution is -1.97. The lowest BCUT2D eigenvalue weighted by atomic mass is 10.0. The van der Waals surface area contributed by atoms with Gasteiger partial charge in [0, 0.05) is 18.0 Å². The van der Waals surface area contributed by atoms with Crippen LogP contribution in [0.1, 0.15) is 97.1 Å². The van der Waals surface area contributed by atoms with Gasteiger partial charge in [0.1, 0.15) is 5.75 Å². The van der Waals surface area contributed by atoms with Crippen LogP contribution in [-0.2, 0) is 0 Å². The van der Waals surface area contributed by atoms with Crippen LogP contribution >= 0.6 is 12.4 Å². The van der Waals surface area contributed by atoms with Crippen LogP contribution in [0, 0.1) is 0 Å². The number of allylic oxidation sites excluding steroid dienone is 2. The summed E-state index contributed by atoms with van der Waals surface area (Å²) in [7, 11) is 0. The Hall–Kier alpha value is -2.20. The maximum atomic E-state index is 5.88. The average molecular weight is 472 g/mol. The minimum absolute atomic E-state index is 0. The van der Waals surface area contributed by atoms with Gasteiger partial charge < -0.3 is 14.7 Å². The highest BCUT2D eigenvalue weighted by atomic mass is 35.5. The van der Waals surface area contributed by atoms with Crippen LogP contribution in [0.3, 0.4) is 0 Å². The number of aromatic amines is 2. The van der Waals surface area contributed by atoms with Gasteiger partial charge in [0.05, 0.1) is 29.4 Å². The Balaban J connectivity index is 0.00000385. The van der Waals surface area contributed by atoms with Gasteiger partial charge in [-0.3, -0.25) is 4.99 Å². The summed E-state index contributed by atoms with van der Waals surface area (Å²) < 4.78 is 5.88. The van der Waals surface area contributed by atoms with Gasteiger partial charge in [0.25, 0.3) is 0 Å². The predicted molar refractivity (Wildman–Crippen MR) is 145 cm³/mol. The molecular formula is C28H42ClN3O. The van der Waals surface area contributed by atoms with Crippen molar-refractivity contribution in [1.82, 2.24) is 9.97 Å². The number of unbranched alkanes of at least 4 members (excludes halogenated alkanes) is 8. The number of hydrogen-bond acceptors (Lipinski definition) is 2. The van der Waals surface area contributed by atoms with E-state index in [-0.39, 0.29) is 12.4 Å². The lowest BCUT2D eigenvalue weighted by Gasteiger charge is -2.05. The van der Waals surface area contributed by atoms with E-state index in [4.69, 9.17) is 9.73 Å². The van der Waals surface area contributed by atoms with E-state index in [9.17, 15) is 0 Å². The van der Waals surface area contributed by atoms with Gasteiger partial charge in [-0.1, -0.05) is 65.2 Å². The normalized spacial score (nSPS) is 14.3. The molecule has 1 aliphatic heterocycles. The molecule has 0 radical (unpaired) electrons. The fraction of sp³-hybridized carbons (Fsp3) is 0.536. The van der Waals surface area contributed by atoms with Crippen molar-refractivity contribution in [3.8, 4) is 17.1 Å². The van der Waals surface area contributed by atoms with Crippen LogP contribution < -0.4 is 4.74 Å². The van der Waals surface area contributed by atoms with Crippen LogP contribution in [0.25, 0.3) is 17.5 Å². The molecule has 2 aromatic rings. The zero-order valence-corrected chi connectivity index (χ0v) is 21.5. The monoisotopic (exact) mass is 471 g/mol. The number of aliphatic imine (C=N–C) groups is 1. The van der Waals surface area contributed by atoms with Crippen LogP contribution in [0.15, 0.2) is 46.7 Å². The summed E-state index contributed by atoms with van der Waals surface area (Å²) in [6, 6.07) is 6.13. The van der Waals surface area contributed by atoms with E-state index in [1.165, 1.54) is 69.1 Å². The van der Waals surface area contributed by atoms with Crippen molar-refractivity contribution in [2.45, 2.75) is 91.4 Å². The molecule has 3 heterocycles. The Morgan fingerprint density at radius 2 is 1.67 bits per heavy atom. The van der Waals surface area contributed by atoms with Crippen molar-refractivity contribution < 1.29 is 4.74 Å². The molecule has 0 saturated carbocycles. The summed E-state index contributed by atoms with van der Waals surface area (Å²) in [4.78, 5) is 11.7. The first-order valence-corrected chi connectivity index (χ1v) is 12.7. The minimum atomic E-state index is 0. The number of nitrogens with zero attached hydrogens (tertiary/aromatic N) is 1. The fourth-order valence-electron chi connectivity index (χ4n) is 4.37. The summed E-state index contributed by atoms with van der Waals surface area (Å²) in [5, 5.41) is 0. The van der Waals surface area contributed by atoms with Crippen molar-refractivity contribution in [2.75, 3.05) is 6.61 Å². The molecule has 1 aliphatic rings. The Morgan fingerprint density at radius 1 is 0.939 bits per heavy atom. The van der Waals surface area contributed by atoms with E-state index >= 15 is 0 Å². The first kappa shape index (κ1) is 27.0. The summed E-state index contributed by atoms with van der Waals surface area (Å²) in [5.74, 6) is 0.874. The third-order valence-electron chi connectivity index (χ3n) is 6.13. The first-order chi connectivity index (χ1) is 15.7. The van der Waals surface area contributed by atoms with Crippen molar-refractivity contribution >= 4 is 24.2 Å². The van der Waals surface area contributed by atoms with Crippen molar-refractivity contribution in [3.63, 3.8) is 0 Å². The Labute approximate surface area is 206 Å². The van der Waals surface area contributed by atoms with Gasteiger partial charge >= 0.3 is 0 Å². The summed E-state index contributed by atoms with van der Waals surface area (Å²) in [6.07, 6.45) is 20.7. The molecule has 0 unspecified atom stereocenters. The number of rotatable bonds is 15. The third kappa shape index (κ3) is 8.26. The van der Waals surface area contributed by atoms with E-state index in [1.54, 1.807) is 0 Å². The van der Waals surface area contributed by atoms with Crippen LogP contribution in [0.5, 0.6) is 5.75 Å². The maximum absolute atomic E-state index is 5.88. The number of aromatic nitrogens is 2.